The molecule has 0 saturated carbocycles. The van der Waals surface area contributed by atoms with Crippen LogP contribution < -0.4 is 11.0 Å². The van der Waals surface area contributed by atoms with E-state index >= 15 is 0 Å². The standard InChI is InChI=1S/C19H16N2O2/c22-18-11-15(20-21-19(18)23)7-5-12-6-8-17-14(9-12)10-13-3-1-2-4-16(13)17/h1-4,6,8-9,11H,5,7,10H2,(H,20,22)(H,21,23). The maximum atomic E-state index is 11.4. The first-order valence-corrected chi connectivity index (χ1v) is 7.72. The molecule has 0 aliphatic heterocycles. The Balaban J connectivity index is 1.55. The first-order valence-electron chi connectivity index (χ1n) is 7.72. The minimum absolute atomic E-state index is 0.497. The van der Waals surface area contributed by atoms with E-state index in [1.54, 1.807) is 0 Å². The smallest absolute Gasteiger partial charge is 0.302 e. The van der Waals surface area contributed by atoms with Crippen molar-refractivity contribution in [3.8, 4) is 11.1 Å². The number of H-pyrrole nitrogens is 2. The quantitative estimate of drug-likeness (QED) is 0.571. The average Bonchev–Trinajstić information content (AvgIpc) is 2.93. The van der Waals surface area contributed by atoms with Gasteiger partial charge in [0.1, 0.15) is 0 Å². The summed E-state index contributed by atoms with van der Waals surface area (Å²) in [5.74, 6) is 0. The summed E-state index contributed by atoms with van der Waals surface area (Å²) in [6, 6.07) is 16.5. The van der Waals surface area contributed by atoms with Crippen LogP contribution in [0.2, 0.25) is 0 Å². The van der Waals surface area contributed by atoms with E-state index in [0.717, 1.165) is 18.5 Å². The van der Waals surface area contributed by atoms with Crippen molar-refractivity contribution < 1.29 is 0 Å². The van der Waals surface area contributed by atoms with Crippen molar-refractivity contribution in [2.75, 3.05) is 0 Å². The molecule has 1 aliphatic rings. The van der Waals surface area contributed by atoms with Crippen molar-refractivity contribution in [3.05, 3.63) is 91.5 Å². The molecule has 0 spiro atoms. The Morgan fingerprint density at radius 1 is 0.826 bits per heavy atom. The number of hydrogen-bond donors (Lipinski definition) is 2. The lowest BCUT2D eigenvalue weighted by molar-refractivity contribution is 0.837. The molecule has 0 fully saturated rings. The fourth-order valence-electron chi connectivity index (χ4n) is 3.23. The molecule has 1 aliphatic carbocycles. The summed E-state index contributed by atoms with van der Waals surface area (Å²) in [7, 11) is 0. The molecule has 0 unspecified atom stereocenters. The Morgan fingerprint density at radius 2 is 1.65 bits per heavy atom. The highest BCUT2D eigenvalue weighted by Gasteiger charge is 2.17. The highest BCUT2D eigenvalue weighted by Crippen LogP contribution is 2.36. The summed E-state index contributed by atoms with van der Waals surface area (Å²) in [6.07, 6.45) is 2.50. The predicted molar refractivity (Wildman–Crippen MR) is 89.8 cm³/mol. The van der Waals surface area contributed by atoms with E-state index < -0.39 is 11.0 Å². The summed E-state index contributed by atoms with van der Waals surface area (Å²) < 4.78 is 0. The summed E-state index contributed by atoms with van der Waals surface area (Å²) >= 11 is 0. The van der Waals surface area contributed by atoms with Gasteiger partial charge in [0, 0.05) is 11.8 Å². The summed E-state index contributed by atoms with van der Waals surface area (Å²) in [5, 5.41) is 5.14. The number of fused-ring (bicyclic) bond motifs is 3. The van der Waals surface area contributed by atoms with Crippen LogP contribution in [-0.2, 0) is 19.3 Å². The average molecular weight is 304 g/mol. The molecule has 4 nitrogen and oxygen atoms in total. The van der Waals surface area contributed by atoms with E-state index in [1.807, 2.05) is 0 Å². The molecular weight excluding hydrogens is 288 g/mol. The minimum atomic E-state index is -0.607. The second kappa shape index (κ2) is 5.39. The van der Waals surface area contributed by atoms with Gasteiger partial charge in [-0.2, -0.15) is 0 Å². The Labute approximate surface area is 132 Å². The van der Waals surface area contributed by atoms with E-state index in [-0.39, 0.29) is 0 Å². The van der Waals surface area contributed by atoms with Crippen molar-refractivity contribution >= 4 is 0 Å². The SMILES string of the molecule is O=c1cc(CCc2ccc3c(c2)Cc2ccccc2-3)[nH][nH]c1=O. The maximum absolute atomic E-state index is 11.4. The van der Waals surface area contributed by atoms with Crippen molar-refractivity contribution in [2.24, 2.45) is 0 Å². The van der Waals surface area contributed by atoms with Crippen LogP contribution in [0.5, 0.6) is 0 Å². The van der Waals surface area contributed by atoms with Crippen molar-refractivity contribution in [1.82, 2.24) is 10.2 Å². The van der Waals surface area contributed by atoms with Gasteiger partial charge in [-0.05, 0) is 47.1 Å². The molecule has 0 amide bonds. The summed E-state index contributed by atoms with van der Waals surface area (Å²) in [5.41, 5.74) is 6.28. The first-order chi connectivity index (χ1) is 11.2. The zero-order valence-electron chi connectivity index (χ0n) is 12.6. The highest BCUT2D eigenvalue weighted by atomic mass is 16.2. The topological polar surface area (TPSA) is 65.7 Å². The predicted octanol–water partition coefficient (Wildman–Crippen LogP) is 2.42. The lowest BCUT2D eigenvalue weighted by atomic mass is 10.0. The number of aryl methyl sites for hydroxylation is 2. The number of hydrogen-bond acceptors (Lipinski definition) is 2. The number of rotatable bonds is 3. The number of nitrogens with one attached hydrogen (secondary N) is 2. The molecule has 2 N–H and O–H groups in total. The number of aromatic nitrogens is 2. The van der Waals surface area contributed by atoms with E-state index in [2.05, 4.69) is 52.7 Å². The maximum Gasteiger partial charge on any atom is 0.310 e. The lowest BCUT2D eigenvalue weighted by Gasteiger charge is -2.06. The van der Waals surface area contributed by atoms with Crippen LogP contribution in [0.4, 0.5) is 0 Å². The molecule has 1 aromatic heterocycles. The van der Waals surface area contributed by atoms with E-state index in [0.29, 0.717) is 6.42 Å². The van der Waals surface area contributed by atoms with Crippen LogP contribution in [0.15, 0.2) is 58.1 Å². The van der Waals surface area contributed by atoms with Crippen LogP contribution in [0, 0.1) is 0 Å². The molecule has 0 radical (unpaired) electrons. The first kappa shape index (κ1) is 13.8. The number of aromatic amines is 2. The van der Waals surface area contributed by atoms with Crippen LogP contribution in [0.25, 0.3) is 11.1 Å². The third-order valence-corrected chi connectivity index (χ3v) is 4.41. The normalized spacial score (nSPS) is 12.0. The molecule has 114 valence electrons. The third kappa shape index (κ3) is 2.52. The fraction of sp³-hybridized carbons (Fsp3) is 0.158. The second-order valence-electron chi connectivity index (χ2n) is 5.94. The Morgan fingerprint density at radius 3 is 2.52 bits per heavy atom. The van der Waals surface area contributed by atoms with Crippen molar-refractivity contribution in [3.63, 3.8) is 0 Å². The van der Waals surface area contributed by atoms with Crippen LogP contribution in [-0.4, -0.2) is 10.2 Å². The van der Waals surface area contributed by atoms with E-state index in [4.69, 9.17) is 0 Å². The molecule has 0 saturated heterocycles. The molecule has 4 heteroatoms. The van der Waals surface area contributed by atoms with Crippen LogP contribution >= 0.6 is 0 Å². The molecular formula is C19H16N2O2. The lowest BCUT2D eigenvalue weighted by Crippen LogP contribution is -2.27. The van der Waals surface area contributed by atoms with Gasteiger partial charge in [0.2, 0.25) is 5.43 Å². The molecule has 4 rings (SSSR count). The van der Waals surface area contributed by atoms with Gasteiger partial charge < -0.3 is 5.10 Å². The van der Waals surface area contributed by atoms with Gasteiger partial charge in [-0.15, -0.1) is 0 Å². The van der Waals surface area contributed by atoms with Gasteiger partial charge >= 0.3 is 5.56 Å². The Bertz CT molecular complexity index is 998. The minimum Gasteiger partial charge on any atom is -0.302 e. The Kier molecular flexibility index (Phi) is 3.23. The van der Waals surface area contributed by atoms with E-state index in [9.17, 15) is 9.59 Å². The summed E-state index contributed by atoms with van der Waals surface area (Å²) in [6.45, 7) is 0. The highest BCUT2D eigenvalue weighted by molar-refractivity contribution is 5.76. The van der Waals surface area contributed by atoms with Crippen molar-refractivity contribution in [2.45, 2.75) is 19.3 Å². The number of benzene rings is 2. The van der Waals surface area contributed by atoms with Gasteiger partial charge in [0.25, 0.3) is 0 Å². The van der Waals surface area contributed by atoms with Crippen LogP contribution in [0.3, 0.4) is 0 Å². The van der Waals surface area contributed by atoms with Gasteiger partial charge in [-0.3, -0.25) is 14.7 Å². The second-order valence-corrected chi connectivity index (χ2v) is 5.94. The Hall–Kier alpha value is -2.88. The van der Waals surface area contributed by atoms with Crippen LogP contribution in [0.1, 0.15) is 22.4 Å². The molecule has 1 heterocycles. The molecule has 0 atom stereocenters. The third-order valence-electron chi connectivity index (χ3n) is 4.41. The van der Waals surface area contributed by atoms with Gasteiger partial charge in [0.15, 0.2) is 0 Å². The van der Waals surface area contributed by atoms with E-state index in [1.165, 1.54) is 33.9 Å². The molecule has 0 bridgehead atoms. The molecule has 2 aromatic carbocycles. The van der Waals surface area contributed by atoms with Gasteiger partial charge in [-0.1, -0.05) is 42.5 Å². The monoisotopic (exact) mass is 304 g/mol. The molecule has 23 heavy (non-hydrogen) atoms. The fourth-order valence-corrected chi connectivity index (χ4v) is 3.23. The van der Waals surface area contributed by atoms with Crippen molar-refractivity contribution in [1.29, 1.82) is 0 Å². The zero-order valence-corrected chi connectivity index (χ0v) is 12.6. The van der Waals surface area contributed by atoms with Gasteiger partial charge in [-0.25, -0.2) is 0 Å². The van der Waals surface area contributed by atoms with Gasteiger partial charge in [0.05, 0.1) is 0 Å². The zero-order chi connectivity index (χ0) is 15.8. The largest absolute Gasteiger partial charge is 0.310 e. The molecule has 3 aromatic rings. The summed E-state index contributed by atoms with van der Waals surface area (Å²) in [4.78, 5) is 22.4.